The molecule has 0 radical (unpaired) electrons. The molecule has 0 unspecified atom stereocenters. The summed E-state index contributed by atoms with van der Waals surface area (Å²) in [7, 11) is 0. The molecule has 1 aromatic heterocycles. The number of pyridine rings is 1. The number of aliphatic hydroxyl groups is 1. The second-order valence-corrected chi connectivity index (χ2v) is 4.62. The number of aromatic nitrogens is 1. The minimum atomic E-state index is -0.0920. The standard InChI is InChI=1S/C18H15NO2/c20-13-16-7-4-12-19-18(16)21-17-10-8-15(9-11-17)14-5-2-1-3-6-14/h1-12,20H,13H2. The van der Waals surface area contributed by atoms with Gasteiger partial charge in [-0.15, -0.1) is 0 Å². The smallest absolute Gasteiger partial charge is 0.224 e. The minimum absolute atomic E-state index is 0.0920. The van der Waals surface area contributed by atoms with Crippen LogP contribution in [0, 0.1) is 0 Å². The lowest BCUT2D eigenvalue weighted by Crippen LogP contribution is -1.94. The number of hydrogen-bond donors (Lipinski definition) is 1. The van der Waals surface area contributed by atoms with E-state index in [0.717, 1.165) is 11.1 Å². The van der Waals surface area contributed by atoms with Crippen LogP contribution in [0.1, 0.15) is 5.56 Å². The van der Waals surface area contributed by atoms with E-state index in [2.05, 4.69) is 17.1 Å². The van der Waals surface area contributed by atoms with Crippen LogP contribution in [0.2, 0.25) is 0 Å². The van der Waals surface area contributed by atoms with Crippen LogP contribution in [0.15, 0.2) is 72.9 Å². The zero-order valence-electron chi connectivity index (χ0n) is 11.4. The first kappa shape index (κ1) is 13.3. The van der Waals surface area contributed by atoms with Gasteiger partial charge in [0.15, 0.2) is 0 Å². The van der Waals surface area contributed by atoms with Gasteiger partial charge in [-0.1, -0.05) is 42.5 Å². The first-order chi connectivity index (χ1) is 10.4. The van der Waals surface area contributed by atoms with Crippen molar-refractivity contribution in [1.29, 1.82) is 0 Å². The number of hydrogen-bond acceptors (Lipinski definition) is 3. The predicted octanol–water partition coefficient (Wildman–Crippen LogP) is 4.03. The Balaban J connectivity index is 1.82. The van der Waals surface area contributed by atoms with E-state index in [1.54, 1.807) is 18.3 Å². The fourth-order valence-corrected chi connectivity index (χ4v) is 2.09. The van der Waals surface area contributed by atoms with Gasteiger partial charge in [0, 0.05) is 11.8 Å². The highest BCUT2D eigenvalue weighted by molar-refractivity contribution is 5.64. The molecule has 0 amide bonds. The molecular weight excluding hydrogens is 262 g/mol. The highest BCUT2D eigenvalue weighted by atomic mass is 16.5. The molecular formula is C18H15NO2. The third-order valence-electron chi connectivity index (χ3n) is 3.20. The predicted molar refractivity (Wildman–Crippen MR) is 82.1 cm³/mol. The lowest BCUT2D eigenvalue weighted by atomic mass is 10.1. The zero-order valence-corrected chi connectivity index (χ0v) is 11.4. The first-order valence-corrected chi connectivity index (χ1v) is 6.75. The minimum Gasteiger partial charge on any atom is -0.439 e. The van der Waals surface area contributed by atoms with Crippen LogP contribution in [0.3, 0.4) is 0 Å². The first-order valence-electron chi connectivity index (χ1n) is 6.75. The average molecular weight is 277 g/mol. The van der Waals surface area contributed by atoms with Crippen molar-refractivity contribution in [1.82, 2.24) is 4.98 Å². The van der Waals surface area contributed by atoms with E-state index in [1.807, 2.05) is 42.5 Å². The molecule has 2 aromatic carbocycles. The Labute approximate surface area is 123 Å². The molecule has 0 fully saturated rings. The molecule has 0 aliphatic heterocycles. The number of benzene rings is 2. The van der Waals surface area contributed by atoms with Gasteiger partial charge in [0.25, 0.3) is 0 Å². The van der Waals surface area contributed by atoms with Crippen LogP contribution in [0.4, 0.5) is 0 Å². The lowest BCUT2D eigenvalue weighted by molar-refractivity contribution is 0.275. The van der Waals surface area contributed by atoms with E-state index in [-0.39, 0.29) is 6.61 Å². The summed E-state index contributed by atoms with van der Waals surface area (Å²) >= 11 is 0. The van der Waals surface area contributed by atoms with Gasteiger partial charge in [-0.05, 0) is 35.4 Å². The normalized spacial score (nSPS) is 10.3. The van der Waals surface area contributed by atoms with Crippen molar-refractivity contribution in [2.24, 2.45) is 0 Å². The van der Waals surface area contributed by atoms with E-state index in [0.29, 0.717) is 17.2 Å². The molecule has 104 valence electrons. The largest absolute Gasteiger partial charge is 0.439 e. The molecule has 3 aromatic rings. The second kappa shape index (κ2) is 6.20. The van der Waals surface area contributed by atoms with Gasteiger partial charge in [0.05, 0.1) is 6.61 Å². The summed E-state index contributed by atoms with van der Waals surface area (Å²) in [5.41, 5.74) is 2.97. The van der Waals surface area contributed by atoms with Crippen LogP contribution < -0.4 is 4.74 Å². The van der Waals surface area contributed by atoms with Crippen molar-refractivity contribution in [3.05, 3.63) is 78.5 Å². The van der Waals surface area contributed by atoms with Crippen molar-refractivity contribution in [2.75, 3.05) is 0 Å². The topological polar surface area (TPSA) is 42.4 Å². The van der Waals surface area contributed by atoms with E-state index < -0.39 is 0 Å². The molecule has 0 saturated carbocycles. The Morgan fingerprint density at radius 2 is 1.52 bits per heavy atom. The Kier molecular flexibility index (Phi) is 3.94. The third kappa shape index (κ3) is 3.09. The molecule has 0 atom stereocenters. The van der Waals surface area contributed by atoms with Gasteiger partial charge in [0.1, 0.15) is 5.75 Å². The number of ether oxygens (including phenoxy) is 1. The van der Waals surface area contributed by atoms with Gasteiger partial charge in [-0.25, -0.2) is 4.98 Å². The summed E-state index contributed by atoms with van der Waals surface area (Å²) in [5, 5.41) is 9.27. The van der Waals surface area contributed by atoms with Gasteiger partial charge < -0.3 is 9.84 Å². The molecule has 3 nitrogen and oxygen atoms in total. The fraction of sp³-hybridized carbons (Fsp3) is 0.0556. The number of aliphatic hydroxyl groups excluding tert-OH is 1. The summed E-state index contributed by atoms with van der Waals surface area (Å²) in [5.74, 6) is 1.13. The molecule has 0 saturated heterocycles. The average Bonchev–Trinajstić information content (AvgIpc) is 2.57. The van der Waals surface area contributed by atoms with Crippen molar-refractivity contribution >= 4 is 0 Å². The Morgan fingerprint density at radius 1 is 0.810 bits per heavy atom. The van der Waals surface area contributed by atoms with E-state index in [4.69, 9.17) is 4.74 Å². The van der Waals surface area contributed by atoms with Gasteiger partial charge in [-0.3, -0.25) is 0 Å². The zero-order chi connectivity index (χ0) is 14.5. The molecule has 0 aliphatic carbocycles. The molecule has 3 heteroatoms. The summed E-state index contributed by atoms with van der Waals surface area (Å²) in [4.78, 5) is 4.14. The molecule has 1 N–H and O–H groups in total. The Hall–Kier alpha value is -2.65. The SMILES string of the molecule is OCc1cccnc1Oc1ccc(-c2ccccc2)cc1. The molecule has 0 bridgehead atoms. The van der Waals surface area contributed by atoms with Crippen LogP contribution in [0.5, 0.6) is 11.6 Å². The Morgan fingerprint density at radius 3 is 2.24 bits per heavy atom. The maximum atomic E-state index is 9.27. The summed E-state index contributed by atoms with van der Waals surface area (Å²) in [6, 6.07) is 21.5. The summed E-state index contributed by atoms with van der Waals surface area (Å²) < 4.78 is 5.72. The number of rotatable bonds is 4. The van der Waals surface area contributed by atoms with E-state index in [9.17, 15) is 5.11 Å². The Bertz CT molecular complexity index is 709. The third-order valence-corrected chi connectivity index (χ3v) is 3.20. The van der Waals surface area contributed by atoms with Gasteiger partial charge in [0.2, 0.25) is 5.88 Å². The van der Waals surface area contributed by atoms with Gasteiger partial charge in [-0.2, -0.15) is 0 Å². The van der Waals surface area contributed by atoms with Crippen molar-refractivity contribution in [2.45, 2.75) is 6.61 Å². The van der Waals surface area contributed by atoms with Crippen molar-refractivity contribution in [3.63, 3.8) is 0 Å². The highest BCUT2D eigenvalue weighted by Gasteiger charge is 2.05. The lowest BCUT2D eigenvalue weighted by Gasteiger charge is -2.09. The molecule has 0 aliphatic rings. The van der Waals surface area contributed by atoms with Crippen LogP contribution in [-0.2, 0) is 6.61 Å². The van der Waals surface area contributed by atoms with Crippen LogP contribution in [-0.4, -0.2) is 10.1 Å². The molecule has 1 heterocycles. The van der Waals surface area contributed by atoms with Crippen LogP contribution in [0.25, 0.3) is 11.1 Å². The molecule has 3 rings (SSSR count). The summed E-state index contributed by atoms with van der Waals surface area (Å²) in [6.45, 7) is -0.0920. The van der Waals surface area contributed by atoms with E-state index >= 15 is 0 Å². The van der Waals surface area contributed by atoms with E-state index in [1.165, 1.54) is 0 Å². The molecule has 0 spiro atoms. The van der Waals surface area contributed by atoms with Crippen LogP contribution >= 0.6 is 0 Å². The van der Waals surface area contributed by atoms with Crippen molar-refractivity contribution in [3.8, 4) is 22.8 Å². The maximum absolute atomic E-state index is 9.27. The monoisotopic (exact) mass is 277 g/mol. The maximum Gasteiger partial charge on any atom is 0.224 e. The second-order valence-electron chi connectivity index (χ2n) is 4.62. The highest BCUT2D eigenvalue weighted by Crippen LogP contribution is 2.26. The quantitative estimate of drug-likeness (QED) is 0.782. The van der Waals surface area contributed by atoms with Gasteiger partial charge >= 0.3 is 0 Å². The number of nitrogens with zero attached hydrogens (tertiary/aromatic N) is 1. The fourth-order valence-electron chi connectivity index (χ4n) is 2.09. The molecule has 21 heavy (non-hydrogen) atoms. The summed E-state index contributed by atoms with van der Waals surface area (Å²) in [6.07, 6.45) is 1.65. The van der Waals surface area contributed by atoms with Crippen molar-refractivity contribution < 1.29 is 9.84 Å².